The van der Waals surface area contributed by atoms with Crippen molar-refractivity contribution in [1.29, 1.82) is 0 Å². The second-order valence-electron chi connectivity index (χ2n) is 2.53. The summed E-state index contributed by atoms with van der Waals surface area (Å²) in [5, 5.41) is 8.36. The van der Waals surface area contributed by atoms with Crippen LogP contribution in [0.1, 0.15) is 16.2 Å². The van der Waals surface area contributed by atoms with E-state index in [1.807, 2.05) is 0 Å². The molecule has 0 aliphatic heterocycles. The lowest BCUT2D eigenvalue weighted by Crippen LogP contribution is -1.96. The van der Waals surface area contributed by atoms with Crippen LogP contribution in [0.2, 0.25) is 0 Å². The van der Waals surface area contributed by atoms with Crippen molar-refractivity contribution in [3.63, 3.8) is 0 Å². The molecule has 0 radical (unpaired) electrons. The second-order valence-corrected chi connectivity index (χ2v) is 2.53. The van der Waals surface area contributed by atoms with E-state index < -0.39 is 5.97 Å². The van der Waals surface area contributed by atoms with Crippen molar-refractivity contribution >= 4 is 18.3 Å². The maximum atomic E-state index is 10.4. The first-order valence-corrected chi connectivity index (χ1v) is 3.67. The molecule has 13 heavy (non-hydrogen) atoms. The Labute approximate surface area is 75.1 Å². The van der Waals surface area contributed by atoms with Gasteiger partial charge >= 0.3 is 5.97 Å². The van der Waals surface area contributed by atoms with Crippen molar-refractivity contribution in [2.24, 2.45) is 7.05 Å². The lowest BCUT2D eigenvalue weighted by Gasteiger charge is -1.97. The first-order valence-electron chi connectivity index (χ1n) is 3.67. The number of hydrogen-bond donors (Lipinski definition) is 1. The van der Waals surface area contributed by atoms with Gasteiger partial charge < -0.3 is 9.67 Å². The van der Waals surface area contributed by atoms with E-state index in [-0.39, 0.29) is 0 Å². The van der Waals surface area contributed by atoms with Gasteiger partial charge in [0.25, 0.3) is 0 Å². The highest BCUT2D eigenvalue weighted by Crippen LogP contribution is 2.06. The van der Waals surface area contributed by atoms with Crippen molar-refractivity contribution in [2.45, 2.75) is 0 Å². The van der Waals surface area contributed by atoms with Crippen LogP contribution in [0.5, 0.6) is 0 Å². The van der Waals surface area contributed by atoms with E-state index in [1.54, 1.807) is 23.7 Å². The van der Waals surface area contributed by atoms with Crippen LogP contribution in [0.25, 0.3) is 6.08 Å². The largest absolute Gasteiger partial charge is 0.478 e. The Morgan fingerprint density at radius 2 is 2.08 bits per heavy atom. The normalized spacial score (nSPS) is 10.5. The predicted octanol–water partition coefficient (Wildman–Crippen LogP) is 0.935. The summed E-state index contributed by atoms with van der Waals surface area (Å²) in [6.07, 6.45) is 3.19. The monoisotopic (exact) mass is 179 g/mol. The van der Waals surface area contributed by atoms with E-state index in [0.29, 0.717) is 11.4 Å². The molecule has 68 valence electrons. The zero-order chi connectivity index (χ0) is 9.84. The highest BCUT2D eigenvalue weighted by Gasteiger charge is 1.99. The molecule has 0 saturated carbocycles. The fourth-order valence-corrected chi connectivity index (χ4v) is 0.986. The number of aliphatic carboxylic acids is 1. The van der Waals surface area contributed by atoms with Crippen LogP contribution in [0.15, 0.2) is 18.2 Å². The van der Waals surface area contributed by atoms with Crippen LogP contribution in [0.4, 0.5) is 0 Å². The number of hydrogen-bond acceptors (Lipinski definition) is 2. The van der Waals surface area contributed by atoms with Crippen LogP contribution in [-0.2, 0) is 11.8 Å². The van der Waals surface area contributed by atoms with Gasteiger partial charge in [-0.3, -0.25) is 4.79 Å². The van der Waals surface area contributed by atoms with Crippen LogP contribution in [0, 0.1) is 0 Å². The minimum atomic E-state index is -1.01. The van der Waals surface area contributed by atoms with Gasteiger partial charge in [0.1, 0.15) is 0 Å². The summed E-state index contributed by atoms with van der Waals surface area (Å²) in [6.45, 7) is 0. The Morgan fingerprint density at radius 1 is 1.46 bits per heavy atom. The van der Waals surface area contributed by atoms with Crippen LogP contribution in [-0.4, -0.2) is 21.9 Å². The number of aromatic nitrogens is 1. The van der Waals surface area contributed by atoms with Gasteiger partial charge in [-0.05, 0) is 18.2 Å². The lowest BCUT2D eigenvalue weighted by molar-refractivity contribution is -0.131. The smallest absolute Gasteiger partial charge is 0.328 e. The van der Waals surface area contributed by atoms with Gasteiger partial charge in [0.05, 0.1) is 5.69 Å². The van der Waals surface area contributed by atoms with E-state index in [4.69, 9.17) is 5.11 Å². The topological polar surface area (TPSA) is 59.3 Å². The van der Waals surface area contributed by atoms with E-state index in [9.17, 15) is 9.59 Å². The van der Waals surface area contributed by atoms with Crippen LogP contribution in [0.3, 0.4) is 0 Å². The van der Waals surface area contributed by atoms with Gasteiger partial charge in [0, 0.05) is 18.8 Å². The summed E-state index contributed by atoms with van der Waals surface area (Å²) in [7, 11) is 1.70. The van der Waals surface area contributed by atoms with E-state index >= 15 is 0 Å². The Morgan fingerprint density at radius 3 is 2.54 bits per heavy atom. The van der Waals surface area contributed by atoms with E-state index in [1.165, 1.54) is 6.08 Å². The number of carboxylic acids is 1. The summed E-state index contributed by atoms with van der Waals surface area (Å²) in [5.41, 5.74) is 1.20. The average molecular weight is 179 g/mol. The summed E-state index contributed by atoms with van der Waals surface area (Å²) >= 11 is 0. The Balaban J connectivity index is 2.96. The van der Waals surface area contributed by atoms with E-state index in [0.717, 1.165) is 12.4 Å². The van der Waals surface area contributed by atoms with Crippen molar-refractivity contribution < 1.29 is 14.7 Å². The first-order chi connectivity index (χ1) is 6.15. The molecule has 1 aromatic heterocycles. The molecule has 0 aliphatic carbocycles. The van der Waals surface area contributed by atoms with Crippen molar-refractivity contribution in [1.82, 2.24) is 4.57 Å². The fourth-order valence-electron chi connectivity index (χ4n) is 0.986. The van der Waals surface area contributed by atoms with E-state index in [2.05, 4.69) is 0 Å². The molecule has 1 N–H and O–H groups in total. The molecule has 0 aromatic carbocycles. The van der Waals surface area contributed by atoms with Gasteiger partial charge in [0.15, 0.2) is 6.29 Å². The van der Waals surface area contributed by atoms with Crippen LogP contribution < -0.4 is 0 Å². The summed E-state index contributed by atoms with van der Waals surface area (Å²) in [4.78, 5) is 20.6. The minimum Gasteiger partial charge on any atom is -0.478 e. The molecule has 1 rings (SSSR count). The zero-order valence-corrected chi connectivity index (χ0v) is 7.10. The molecule has 4 heteroatoms. The summed E-state index contributed by atoms with van der Waals surface area (Å²) < 4.78 is 1.62. The maximum Gasteiger partial charge on any atom is 0.328 e. The number of carbonyl (C=O) groups excluding carboxylic acids is 1. The second kappa shape index (κ2) is 3.71. The molecule has 0 amide bonds. The summed E-state index contributed by atoms with van der Waals surface area (Å²) in [6, 6.07) is 3.32. The molecule has 0 unspecified atom stereocenters. The molecule has 1 aromatic rings. The number of carboxylic acid groups (broad SMARTS) is 1. The average Bonchev–Trinajstić information content (AvgIpc) is 2.43. The standard InChI is InChI=1S/C9H9NO3/c1-10-7(4-5-9(12)13)2-3-8(10)6-11/h2-6H,1H3,(H,12,13)/b5-4+. The Bertz CT molecular complexity index is 363. The van der Waals surface area contributed by atoms with Gasteiger partial charge in [-0.25, -0.2) is 4.79 Å². The predicted molar refractivity (Wildman–Crippen MR) is 47.5 cm³/mol. The highest BCUT2D eigenvalue weighted by atomic mass is 16.4. The molecule has 0 aliphatic rings. The third-order valence-electron chi connectivity index (χ3n) is 1.72. The maximum absolute atomic E-state index is 10.4. The number of aldehydes is 1. The molecule has 0 bridgehead atoms. The molecule has 0 atom stereocenters. The number of nitrogens with zero attached hydrogens (tertiary/aromatic N) is 1. The van der Waals surface area contributed by atoms with Crippen molar-refractivity contribution in [2.75, 3.05) is 0 Å². The highest BCUT2D eigenvalue weighted by molar-refractivity contribution is 5.85. The Hall–Kier alpha value is -1.84. The number of carbonyl (C=O) groups is 2. The van der Waals surface area contributed by atoms with Crippen molar-refractivity contribution in [3.8, 4) is 0 Å². The fraction of sp³-hybridized carbons (Fsp3) is 0.111. The van der Waals surface area contributed by atoms with Crippen molar-refractivity contribution in [3.05, 3.63) is 29.6 Å². The zero-order valence-electron chi connectivity index (χ0n) is 7.10. The SMILES string of the molecule is Cn1c(C=O)ccc1/C=C/C(=O)O. The van der Waals surface area contributed by atoms with Gasteiger partial charge in [0.2, 0.25) is 0 Å². The third-order valence-corrected chi connectivity index (χ3v) is 1.72. The van der Waals surface area contributed by atoms with Gasteiger partial charge in [-0.1, -0.05) is 0 Å². The molecule has 4 nitrogen and oxygen atoms in total. The van der Waals surface area contributed by atoms with Gasteiger partial charge in [-0.2, -0.15) is 0 Å². The minimum absolute atomic E-state index is 0.519. The molecule has 0 spiro atoms. The Kier molecular flexibility index (Phi) is 2.64. The quantitative estimate of drug-likeness (QED) is 0.554. The summed E-state index contributed by atoms with van der Waals surface area (Å²) in [5.74, 6) is -1.01. The number of rotatable bonds is 3. The molecular weight excluding hydrogens is 170 g/mol. The third kappa shape index (κ3) is 2.05. The molecular formula is C9H9NO3. The van der Waals surface area contributed by atoms with Crippen LogP contribution >= 0.6 is 0 Å². The molecule has 0 saturated heterocycles. The van der Waals surface area contributed by atoms with Gasteiger partial charge in [-0.15, -0.1) is 0 Å². The first kappa shape index (κ1) is 9.25. The molecule has 1 heterocycles. The molecule has 0 fully saturated rings. The lowest BCUT2D eigenvalue weighted by atomic mass is 10.4.